The second kappa shape index (κ2) is 5.93. The Morgan fingerprint density at radius 1 is 1.59 bits per heavy atom. The molecule has 1 rings (SSSR count). The first kappa shape index (κ1) is 13.1. The molecule has 0 aliphatic rings. The van der Waals surface area contributed by atoms with Crippen molar-refractivity contribution in [2.45, 2.75) is 0 Å². The molecule has 1 aromatic carbocycles. The smallest absolute Gasteiger partial charge is 0.323 e. The van der Waals surface area contributed by atoms with Crippen molar-refractivity contribution in [3.63, 3.8) is 0 Å². The van der Waals surface area contributed by atoms with Gasteiger partial charge in [-0.3, -0.25) is 4.79 Å². The zero-order chi connectivity index (χ0) is 12.8. The van der Waals surface area contributed by atoms with E-state index < -0.39 is 5.97 Å². The van der Waals surface area contributed by atoms with Gasteiger partial charge in [-0.15, -0.1) is 6.42 Å². The van der Waals surface area contributed by atoms with E-state index in [9.17, 15) is 4.79 Å². The number of carboxylic acid groups (broad SMARTS) is 1. The largest absolute Gasteiger partial charge is 0.480 e. The van der Waals surface area contributed by atoms with Crippen molar-refractivity contribution in [3.05, 3.63) is 28.2 Å². The molecule has 0 fully saturated rings. The third-order valence-corrected chi connectivity index (χ3v) is 2.70. The number of halogens is 1. The predicted molar refractivity (Wildman–Crippen MR) is 67.5 cm³/mol. The van der Waals surface area contributed by atoms with Gasteiger partial charge in [-0.2, -0.15) is 5.26 Å². The fourth-order valence-corrected chi connectivity index (χ4v) is 1.76. The molecule has 0 amide bonds. The molecular weight excluding hydrogens is 284 g/mol. The van der Waals surface area contributed by atoms with Gasteiger partial charge < -0.3 is 10.0 Å². The van der Waals surface area contributed by atoms with Crippen molar-refractivity contribution in [2.24, 2.45) is 0 Å². The molecule has 86 valence electrons. The summed E-state index contributed by atoms with van der Waals surface area (Å²) in [7, 11) is 0. The van der Waals surface area contributed by atoms with Crippen molar-refractivity contribution >= 4 is 27.6 Å². The van der Waals surface area contributed by atoms with Gasteiger partial charge in [0.2, 0.25) is 0 Å². The number of nitrogens with zero attached hydrogens (tertiary/aromatic N) is 2. The summed E-state index contributed by atoms with van der Waals surface area (Å²) in [6, 6.07) is 6.98. The van der Waals surface area contributed by atoms with Crippen molar-refractivity contribution < 1.29 is 9.90 Å². The molecule has 0 aromatic heterocycles. The highest BCUT2D eigenvalue weighted by Gasteiger charge is 2.11. The van der Waals surface area contributed by atoms with Crippen LogP contribution in [0.1, 0.15) is 5.56 Å². The van der Waals surface area contributed by atoms with E-state index in [0.29, 0.717) is 15.7 Å². The van der Waals surface area contributed by atoms with Crippen molar-refractivity contribution in [2.75, 3.05) is 18.0 Å². The third kappa shape index (κ3) is 3.51. The average Bonchev–Trinajstić information content (AvgIpc) is 2.28. The maximum absolute atomic E-state index is 10.7. The lowest BCUT2D eigenvalue weighted by atomic mass is 10.2. The van der Waals surface area contributed by atoms with Gasteiger partial charge in [-0.25, -0.2) is 0 Å². The van der Waals surface area contributed by atoms with E-state index in [2.05, 4.69) is 21.9 Å². The summed E-state index contributed by atoms with van der Waals surface area (Å²) < 4.78 is 0.616. The topological polar surface area (TPSA) is 64.3 Å². The highest BCUT2D eigenvalue weighted by Crippen LogP contribution is 2.23. The molecule has 4 nitrogen and oxygen atoms in total. The standard InChI is InChI=1S/C12H9BrN2O2/c1-2-5-15(8-12(16)17)10-4-3-9(7-14)11(13)6-10/h1,3-4,6H,5,8H2,(H,16,17). The average molecular weight is 293 g/mol. The van der Waals surface area contributed by atoms with Crippen LogP contribution < -0.4 is 4.90 Å². The number of hydrogen-bond acceptors (Lipinski definition) is 3. The lowest BCUT2D eigenvalue weighted by molar-refractivity contribution is -0.135. The quantitative estimate of drug-likeness (QED) is 0.860. The summed E-state index contributed by atoms with van der Waals surface area (Å²) >= 11 is 3.24. The molecule has 1 aromatic rings. The fourth-order valence-electron chi connectivity index (χ4n) is 1.30. The monoisotopic (exact) mass is 292 g/mol. The summed E-state index contributed by atoms with van der Waals surface area (Å²) in [6.45, 7) is 0.0210. The van der Waals surface area contributed by atoms with E-state index in [1.165, 1.54) is 4.90 Å². The van der Waals surface area contributed by atoms with Crippen LogP contribution in [0, 0.1) is 23.7 Å². The maximum atomic E-state index is 10.7. The number of terminal acetylenes is 1. The highest BCUT2D eigenvalue weighted by atomic mass is 79.9. The number of nitriles is 1. The van der Waals surface area contributed by atoms with Gasteiger partial charge in [0.1, 0.15) is 12.6 Å². The minimum absolute atomic E-state index is 0.178. The third-order valence-electron chi connectivity index (χ3n) is 2.05. The van der Waals surface area contributed by atoms with E-state index in [4.69, 9.17) is 16.8 Å². The molecule has 0 heterocycles. The fraction of sp³-hybridized carbons (Fsp3) is 0.167. The van der Waals surface area contributed by atoms with Crippen molar-refractivity contribution in [3.8, 4) is 18.4 Å². The number of carboxylic acids is 1. The molecule has 0 radical (unpaired) electrons. The minimum atomic E-state index is -0.958. The number of rotatable bonds is 4. The Morgan fingerprint density at radius 2 is 2.29 bits per heavy atom. The summed E-state index contributed by atoms with van der Waals surface area (Å²) in [5.74, 6) is 1.44. The zero-order valence-electron chi connectivity index (χ0n) is 8.85. The van der Waals surface area contributed by atoms with Gasteiger partial charge in [0.15, 0.2) is 0 Å². The second-order valence-electron chi connectivity index (χ2n) is 3.23. The molecule has 0 atom stereocenters. The van der Waals surface area contributed by atoms with Crippen molar-refractivity contribution in [1.29, 1.82) is 5.26 Å². The van der Waals surface area contributed by atoms with Crippen LogP contribution in [0.3, 0.4) is 0 Å². The first-order valence-electron chi connectivity index (χ1n) is 4.68. The van der Waals surface area contributed by atoms with Gasteiger partial charge in [-0.05, 0) is 34.1 Å². The van der Waals surface area contributed by atoms with Gasteiger partial charge in [0, 0.05) is 10.2 Å². The van der Waals surface area contributed by atoms with Gasteiger partial charge in [-0.1, -0.05) is 5.92 Å². The summed E-state index contributed by atoms with van der Waals surface area (Å²) in [4.78, 5) is 12.2. The number of carbonyl (C=O) groups is 1. The molecule has 5 heteroatoms. The van der Waals surface area contributed by atoms with Crippen LogP contribution in [0.25, 0.3) is 0 Å². The first-order chi connectivity index (χ1) is 8.08. The van der Waals surface area contributed by atoms with E-state index in [1.807, 2.05) is 6.07 Å². The van der Waals surface area contributed by atoms with E-state index in [0.717, 1.165) is 0 Å². The summed E-state index contributed by atoms with van der Waals surface area (Å²) in [6.07, 6.45) is 5.19. The normalized spacial score (nSPS) is 9.12. The lowest BCUT2D eigenvalue weighted by Crippen LogP contribution is -2.29. The summed E-state index contributed by atoms with van der Waals surface area (Å²) in [5.41, 5.74) is 1.15. The van der Waals surface area contributed by atoms with Crippen LogP contribution in [0.2, 0.25) is 0 Å². The van der Waals surface area contributed by atoms with Crippen LogP contribution in [0.4, 0.5) is 5.69 Å². The zero-order valence-corrected chi connectivity index (χ0v) is 10.4. The SMILES string of the molecule is C#CCN(CC(=O)O)c1ccc(C#N)c(Br)c1. The number of aliphatic carboxylic acids is 1. The van der Waals surface area contributed by atoms with Crippen LogP contribution >= 0.6 is 15.9 Å². The number of benzene rings is 1. The lowest BCUT2D eigenvalue weighted by Gasteiger charge is -2.20. The van der Waals surface area contributed by atoms with E-state index in [-0.39, 0.29) is 13.1 Å². The van der Waals surface area contributed by atoms with Crippen LogP contribution in [0.15, 0.2) is 22.7 Å². The molecular formula is C12H9BrN2O2. The molecule has 1 N–H and O–H groups in total. The second-order valence-corrected chi connectivity index (χ2v) is 4.08. The molecule has 0 spiro atoms. The molecule has 0 saturated carbocycles. The Hall–Kier alpha value is -1.98. The van der Waals surface area contributed by atoms with E-state index in [1.54, 1.807) is 18.2 Å². The van der Waals surface area contributed by atoms with Gasteiger partial charge >= 0.3 is 5.97 Å². The minimum Gasteiger partial charge on any atom is -0.480 e. The number of anilines is 1. The highest BCUT2D eigenvalue weighted by molar-refractivity contribution is 9.10. The first-order valence-corrected chi connectivity index (χ1v) is 5.47. The number of hydrogen-bond donors (Lipinski definition) is 1. The Kier molecular flexibility index (Phi) is 4.56. The Morgan fingerprint density at radius 3 is 2.76 bits per heavy atom. The predicted octanol–water partition coefficient (Wildman–Crippen LogP) is 1.84. The van der Waals surface area contributed by atoms with Crippen LogP contribution in [-0.2, 0) is 4.79 Å². The molecule has 0 bridgehead atoms. The Labute approximate surface area is 108 Å². The Balaban J connectivity index is 3.03. The molecule has 0 aliphatic carbocycles. The maximum Gasteiger partial charge on any atom is 0.323 e. The van der Waals surface area contributed by atoms with Crippen LogP contribution in [0.5, 0.6) is 0 Å². The van der Waals surface area contributed by atoms with Gasteiger partial charge in [0.25, 0.3) is 0 Å². The van der Waals surface area contributed by atoms with Crippen LogP contribution in [-0.4, -0.2) is 24.2 Å². The Bertz CT molecular complexity index is 514. The van der Waals surface area contributed by atoms with Gasteiger partial charge in [0.05, 0.1) is 12.1 Å². The van der Waals surface area contributed by atoms with E-state index >= 15 is 0 Å². The molecule has 0 aliphatic heterocycles. The molecule has 17 heavy (non-hydrogen) atoms. The van der Waals surface area contributed by atoms with Crippen molar-refractivity contribution in [1.82, 2.24) is 0 Å². The molecule has 0 unspecified atom stereocenters. The summed E-state index contributed by atoms with van der Waals surface area (Å²) in [5, 5.41) is 17.5. The molecule has 0 saturated heterocycles.